The lowest BCUT2D eigenvalue weighted by atomic mass is 10.1. The van der Waals surface area contributed by atoms with Crippen molar-refractivity contribution in [2.75, 3.05) is 11.1 Å². The molecule has 2 rings (SSSR count). The average Bonchev–Trinajstić information content (AvgIpc) is 2.41. The first-order valence-electron chi connectivity index (χ1n) is 5.81. The highest BCUT2D eigenvalue weighted by atomic mass is 127. The zero-order chi connectivity index (χ0) is 15.6. The summed E-state index contributed by atoms with van der Waals surface area (Å²) in [4.78, 5) is 23.3. The van der Waals surface area contributed by atoms with Crippen LogP contribution in [-0.2, 0) is 0 Å². The summed E-state index contributed by atoms with van der Waals surface area (Å²) in [5, 5.41) is 21.3. The van der Waals surface area contributed by atoms with Gasteiger partial charge in [-0.05, 0) is 59.0 Å². The molecular weight excluding hydrogens is 387 g/mol. The number of halogens is 1. The quantitative estimate of drug-likeness (QED) is 0.469. The molecule has 0 atom stereocenters. The molecular formula is C14H11IN2O4. The number of phenolic OH excluding ortho intramolecular Hbond substituents is 1. The van der Waals surface area contributed by atoms with Crippen LogP contribution in [0.2, 0.25) is 0 Å². The monoisotopic (exact) mass is 398 g/mol. The summed E-state index contributed by atoms with van der Waals surface area (Å²) in [6, 6.07) is 8.64. The van der Waals surface area contributed by atoms with Gasteiger partial charge in [-0.25, -0.2) is 4.79 Å². The van der Waals surface area contributed by atoms with E-state index < -0.39 is 11.9 Å². The first kappa shape index (κ1) is 15.1. The third-order valence-electron chi connectivity index (χ3n) is 2.73. The molecule has 0 saturated carbocycles. The molecule has 0 spiro atoms. The molecule has 1 amide bonds. The second kappa shape index (κ2) is 6.00. The number of aromatic hydroxyl groups is 1. The van der Waals surface area contributed by atoms with E-state index in [-0.39, 0.29) is 22.6 Å². The number of hydrogen-bond acceptors (Lipinski definition) is 4. The van der Waals surface area contributed by atoms with Crippen LogP contribution in [0.5, 0.6) is 5.75 Å². The highest BCUT2D eigenvalue weighted by Gasteiger charge is 2.16. The molecule has 0 aromatic heterocycles. The number of aromatic carboxylic acids is 1. The Kier molecular flexibility index (Phi) is 4.32. The van der Waals surface area contributed by atoms with E-state index in [0.717, 1.165) is 3.57 Å². The maximum absolute atomic E-state index is 12.2. The summed E-state index contributed by atoms with van der Waals surface area (Å²) in [6.07, 6.45) is 0. The number of rotatable bonds is 3. The number of carbonyl (C=O) groups excluding carboxylic acids is 1. The molecule has 0 heterocycles. The van der Waals surface area contributed by atoms with Crippen molar-refractivity contribution in [3.8, 4) is 5.75 Å². The lowest BCUT2D eigenvalue weighted by molar-refractivity contribution is 0.0698. The van der Waals surface area contributed by atoms with Crippen molar-refractivity contribution in [1.82, 2.24) is 0 Å². The molecule has 0 saturated heterocycles. The molecule has 108 valence electrons. The van der Waals surface area contributed by atoms with Crippen LogP contribution in [-0.4, -0.2) is 22.1 Å². The first-order valence-corrected chi connectivity index (χ1v) is 6.89. The highest BCUT2D eigenvalue weighted by molar-refractivity contribution is 14.1. The largest absolute Gasteiger partial charge is 0.507 e. The molecule has 0 aliphatic carbocycles. The molecule has 0 radical (unpaired) electrons. The van der Waals surface area contributed by atoms with Crippen LogP contribution >= 0.6 is 22.6 Å². The Bertz CT molecular complexity index is 731. The fraction of sp³-hybridized carbons (Fsp3) is 0. The molecule has 0 aliphatic heterocycles. The lowest BCUT2D eigenvalue weighted by Crippen LogP contribution is -2.15. The van der Waals surface area contributed by atoms with E-state index >= 15 is 0 Å². The summed E-state index contributed by atoms with van der Waals surface area (Å²) >= 11 is 2.00. The number of anilines is 2. The Hall–Kier alpha value is -2.29. The van der Waals surface area contributed by atoms with Crippen molar-refractivity contribution in [2.45, 2.75) is 0 Å². The fourth-order valence-electron chi connectivity index (χ4n) is 1.73. The van der Waals surface area contributed by atoms with E-state index in [4.69, 9.17) is 10.8 Å². The summed E-state index contributed by atoms with van der Waals surface area (Å²) < 4.78 is 0.765. The van der Waals surface area contributed by atoms with Crippen molar-refractivity contribution in [2.24, 2.45) is 0 Å². The van der Waals surface area contributed by atoms with Gasteiger partial charge < -0.3 is 21.3 Å². The molecule has 0 bridgehead atoms. The van der Waals surface area contributed by atoms with Crippen LogP contribution in [0.1, 0.15) is 20.7 Å². The van der Waals surface area contributed by atoms with Crippen molar-refractivity contribution >= 4 is 45.8 Å². The number of carboxylic acids is 1. The number of benzene rings is 2. The van der Waals surface area contributed by atoms with Gasteiger partial charge in [-0.1, -0.05) is 0 Å². The number of nitrogens with two attached hydrogens (primary N) is 1. The maximum Gasteiger partial charge on any atom is 0.337 e. The molecule has 5 N–H and O–H groups in total. The van der Waals surface area contributed by atoms with E-state index in [9.17, 15) is 14.7 Å². The molecule has 6 nitrogen and oxygen atoms in total. The SMILES string of the molecule is Nc1ccc(C(=O)O)c(NC(=O)c2cc(I)ccc2O)c1. The maximum atomic E-state index is 12.2. The number of hydrogen-bond donors (Lipinski definition) is 4. The lowest BCUT2D eigenvalue weighted by Gasteiger charge is -2.10. The van der Waals surface area contributed by atoms with E-state index in [1.165, 1.54) is 30.3 Å². The van der Waals surface area contributed by atoms with Gasteiger partial charge in [-0.3, -0.25) is 4.79 Å². The second-order valence-corrected chi connectivity index (χ2v) is 5.47. The zero-order valence-corrected chi connectivity index (χ0v) is 12.8. The van der Waals surface area contributed by atoms with Gasteiger partial charge in [0.15, 0.2) is 0 Å². The summed E-state index contributed by atoms with van der Waals surface area (Å²) in [5.41, 5.74) is 5.97. The minimum absolute atomic E-state index is 0.0562. The Morgan fingerprint density at radius 1 is 1.10 bits per heavy atom. The van der Waals surface area contributed by atoms with Crippen LogP contribution in [0, 0.1) is 3.57 Å². The van der Waals surface area contributed by atoms with E-state index in [1.54, 1.807) is 6.07 Å². The van der Waals surface area contributed by atoms with Crippen molar-refractivity contribution in [3.63, 3.8) is 0 Å². The summed E-state index contributed by atoms with van der Waals surface area (Å²) in [5.74, 6) is -1.98. The van der Waals surface area contributed by atoms with Crippen molar-refractivity contribution in [3.05, 3.63) is 51.1 Å². The smallest absolute Gasteiger partial charge is 0.337 e. The Labute approximate surface area is 133 Å². The van der Waals surface area contributed by atoms with Crippen LogP contribution in [0.3, 0.4) is 0 Å². The Balaban J connectivity index is 2.38. The van der Waals surface area contributed by atoms with Crippen LogP contribution in [0.25, 0.3) is 0 Å². The molecule has 2 aromatic rings. The first-order chi connectivity index (χ1) is 9.88. The van der Waals surface area contributed by atoms with Gasteiger partial charge in [0.1, 0.15) is 5.75 Å². The van der Waals surface area contributed by atoms with Crippen molar-refractivity contribution in [1.29, 1.82) is 0 Å². The predicted molar refractivity (Wildman–Crippen MR) is 86.6 cm³/mol. The average molecular weight is 398 g/mol. The predicted octanol–water partition coefficient (Wildman–Crippen LogP) is 2.53. The summed E-state index contributed by atoms with van der Waals surface area (Å²) in [6.45, 7) is 0. The topological polar surface area (TPSA) is 113 Å². The van der Waals surface area contributed by atoms with Gasteiger partial charge in [0.2, 0.25) is 0 Å². The Morgan fingerprint density at radius 2 is 1.81 bits per heavy atom. The van der Waals surface area contributed by atoms with Gasteiger partial charge in [0.05, 0.1) is 16.8 Å². The van der Waals surface area contributed by atoms with E-state index in [2.05, 4.69) is 5.32 Å². The molecule has 0 fully saturated rings. The second-order valence-electron chi connectivity index (χ2n) is 4.23. The fourth-order valence-corrected chi connectivity index (χ4v) is 2.22. The van der Waals surface area contributed by atoms with Crippen molar-refractivity contribution < 1.29 is 19.8 Å². The number of amides is 1. The molecule has 7 heteroatoms. The van der Waals surface area contributed by atoms with Gasteiger partial charge in [-0.15, -0.1) is 0 Å². The third kappa shape index (κ3) is 3.43. The molecule has 21 heavy (non-hydrogen) atoms. The number of nitrogens with one attached hydrogen (secondary N) is 1. The third-order valence-corrected chi connectivity index (χ3v) is 3.40. The van der Waals surface area contributed by atoms with Crippen LogP contribution in [0.15, 0.2) is 36.4 Å². The number of phenols is 1. The van der Waals surface area contributed by atoms with Gasteiger partial charge in [0, 0.05) is 9.26 Å². The normalized spacial score (nSPS) is 10.1. The highest BCUT2D eigenvalue weighted by Crippen LogP contribution is 2.24. The Morgan fingerprint density at radius 3 is 2.48 bits per heavy atom. The van der Waals surface area contributed by atoms with Gasteiger partial charge >= 0.3 is 5.97 Å². The number of carbonyl (C=O) groups is 2. The minimum Gasteiger partial charge on any atom is -0.507 e. The van der Waals surface area contributed by atoms with Gasteiger partial charge in [-0.2, -0.15) is 0 Å². The van der Waals surface area contributed by atoms with Crippen LogP contribution < -0.4 is 11.1 Å². The van der Waals surface area contributed by atoms with Crippen LogP contribution in [0.4, 0.5) is 11.4 Å². The number of nitrogen functional groups attached to an aromatic ring is 1. The number of carboxylic acid groups (broad SMARTS) is 1. The zero-order valence-electron chi connectivity index (χ0n) is 10.6. The summed E-state index contributed by atoms with van der Waals surface area (Å²) in [7, 11) is 0. The molecule has 0 aliphatic rings. The van der Waals surface area contributed by atoms with Gasteiger partial charge in [0.25, 0.3) is 5.91 Å². The van der Waals surface area contributed by atoms with E-state index in [1.807, 2.05) is 22.6 Å². The van der Waals surface area contributed by atoms with E-state index in [0.29, 0.717) is 5.69 Å². The molecule has 2 aromatic carbocycles. The standard InChI is InChI=1S/C14H11IN2O4/c15-7-1-4-12(18)10(5-7)13(19)17-11-6-8(16)2-3-9(11)14(20)21/h1-6,18H,16H2,(H,17,19)(H,20,21). The molecule has 0 unspecified atom stereocenters. The minimum atomic E-state index is -1.18.